The molecule has 0 aliphatic carbocycles. The lowest BCUT2D eigenvalue weighted by molar-refractivity contribution is 0.0692. The Morgan fingerprint density at radius 2 is 1.81 bits per heavy atom. The Morgan fingerprint density at radius 1 is 1.24 bits per heavy atom. The van der Waals surface area contributed by atoms with Crippen molar-refractivity contribution in [3.8, 4) is 0 Å². The minimum Gasteiger partial charge on any atom is -0.476 e. The number of carbonyl (C=O) groups is 1. The lowest BCUT2D eigenvalue weighted by atomic mass is 10.1. The summed E-state index contributed by atoms with van der Waals surface area (Å²) < 4.78 is 27.3. The first kappa shape index (κ1) is 15.5. The van der Waals surface area contributed by atoms with Crippen molar-refractivity contribution in [1.29, 1.82) is 0 Å². The van der Waals surface area contributed by atoms with E-state index in [2.05, 4.69) is 9.71 Å². The number of hydrogen-bond acceptors (Lipinski definition) is 5. The Labute approximate surface area is 126 Å². The first-order valence-corrected chi connectivity index (χ1v) is 8.36. The van der Waals surface area contributed by atoms with Gasteiger partial charge in [0.05, 0.1) is 10.4 Å². The minimum atomic E-state index is -3.86. The molecule has 0 atom stereocenters. The molecule has 0 aliphatic rings. The molecule has 2 N–H and O–H groups in total. The average Bonchev–Trinajstić information content (AvgIpc) is 2.73. The fourth-order valence-corrected chi connectivity index (χ4v) is 4.68. The zero-order valence-corrected chi connectivity index (χ0v) is 13.3. The van der Waals surface area contributed by atoms with Gasteiger partial charge in [-0.05, 0) is 31.9 Å². The zero-order chi connectivity index (χ0) is 15.8. The molecule has 1 aromatic carbocycles. The van der Waals surface area contributed by atoms with Crippen LogP contribution >= 0.6 is 11.3 Å². The predicted octanol–water partition coefficient (Wildman–Crippen LogP) is 2.57. The number of aryl methyl sites for hydroxylation is 3. The number of rotatable bonds is 4. The summed E-state index contributed by atoms with van der Waals surface area (Å²) in [5.41, 5.74) is 3.18. The highest BCUT2D eigenvalue weighted by Gasteiger charge is 2.24. The molecule has 8 heteroatoms. The van der Waals surface area contributed by atoms with E-state index in [-0.39, 0.29) is 15.6 Å². The molecule has 0 amide bonds. The largest absolute Gasteiger partial charge is 0.476 e. The van der Waals surface area contributed by atoms with Crippen LogP contribution in [0.4, 0.5) is 5.00 Å². The first-order chi connectivity index (χ1) is 9.72. The third-order valence-corrected chi connectivity index (χ3v) is 5.40. The van der Waals surface area contributed by atoms with Gasteiger partial charge in [-0.1, -0.05) is 17.7 Å². The van der Waals surface area contributed by atoms with Crippen LogP contribution in [0.5, 0.6) is 0 Å². The summed E-state index contributed by atoms with van der Waals surface area (Å²) >= 11 is 0.932. The van der Waals surface area contributed by atoms with Gasteiger partial charge in [-0.2, -0.15) is 0 Å². The predicted molar refractivity (Wildman–Crippen MR) is 80.5 cm³/mol. The van der Waals surface area contributed by atoms with E-state index in [0.717, 1.165) is 16.9 Å². The molecule has 1 heterocycles. The van der Waals surface area contributed by atoms with Crippen molar-refractivity contribution in [3.63, 3.8) is 0 Å². The molecule has 0 aliphatic heterocycles. The number of aromatic carboxylic acids is 1. The Balaban J connectivity index is 2.49. The van der Waals surface area contributed by atoms with E-state index in [9.17, 15) is 13.2 Å². The Kier molecular flexibility index (Phi) is 4.02. The summed E-state index contributed by atoms with van der Waals surface area (Å²) in [5.74, 6) is -1.27. The molecule has 0 bridgehead atoms. The normalized spacial score (nSPS) is 11.4. The highest BCUT2D eigenvalue weighted by atomic mass is 32.2. The number of carboxylic acid groups (broad SMARTS) is 1. The van der Waals surface area contributed by atoms with Crippen LogP contribution in [-0.2, 0) is 10.0 Å². The van der Waals surface area contributed by atoms with Gasteiger partial charge < -0.3 is 5.11 Å². The van der Waals surface area contributed by atoms with Crippen LogP contribution in [0.1, 0.15) is 27.2 Å². The number of benzene rings is 1. The molecule has 6 nitrogen and oxygen atoms in total. The number of sulfonamides is 1. The molecule has 2 rings (SSSR count). The van der Waals surface area contributed by atoms with E-state index in [4.69, 9.17) is 5.11 Å². The van der Waals surface area contributed by atoms with Crippen LogP contribution in [0.25, 0.3) is 0 Å². The number of anilines is 1. The van der Waals surface area contributed by atoms with Gasteiger partial charge in [0.1, 0.15) is 5.00 Å². The maximum Gasteiger partial charge on any atom is 0.357 e. The standard InChI is InChI=1S/C13H14N2O4S2/c1-7-4-8(2)11(9(3)5-7)21(18,19)15-12-10(13(16)17)14-6-20-12/h4-6,15H,1-3H3,(H,16,17). The number of carboxylic acids is 1. The molecule has 2 aromatic rings. The Morgan fingerprint density at radius 3 is 2.33 bits per heavy atom. The van der Waals surface area contributed by atoms with Gasteiger partial charge in [0.15, 0.2) is 5.69 Å². The van der Waals surface area contributed by atoms with E-state index in [1.54, 1.807) is 26.0 Å². The number of aromatic nitrogens is 1. The third kappa shape index (κ3) is 3.06. The van der Waals surface area contributed by atoms with Gasteiger partial charge in [0.2, 0.25) is 0 Å². The molecule has 0 unspecified atom stereocenters. The van der Waals surface area contributed by atoms with Crippen molar-refractivity contribution in [2.24, 2.45) is 0 Å². The van der Waals surface area contributed by atoms with Crippen molar-refractivity contribution in [2.45, 2.75) is 25.7 Å². The second kappa shape index (κ2) is 5.45. The molecule has 0 fully saturated rings. The fourth-order valence-electron chi connectivity index (χ4n) is 2.23. The van der Waals surface area contributed by atoms with Gasteiger partial charge in [-0.3, -0.25) is 4.72 Å². The highest BCUT2D eigenvalue weighted by Crippen LogP contribution is 2.27. The van der Waals surface area contributed by atoms with Crippen LogP contribution < -0.4 is 4.72 Å². The topological polar surface area (TPSA) is 96.4 Å². The van der Waals surface area contributed by atoms with Crippen molar-refractivity contribution < 1.29 is 18.3 Å². The minimum absolute atomic E-state index is 0.00174. The fraction of sp³-hybridized carbons (Fsp3) is 0.231. The van der Waals surface area contributed by atoms with Crippen molar-refractivity contribution in [1.82, 2.24) is 4.98 Å². The molecule has 112 valence electrons. The lowest BCUT2D eigenvalue weighted by Gasteiger charge is -2.13. The summed E-state index contributed by atoms with van der Waals surface area (Å²) in [4.78, 5) is 14.8. The first-order valence-electron chi connectivity index (χ1n) is 6.00. The summed E-state index contributed by atoms with van der Waals surface area (Å²) in [7, 11) is -3.86. The summed E-state index contributed by atoms with van der Waals surface area (Å²) in [5, 5.41) is 8.98. The van der Waals surface area contributed by atoms with Gasteiger partial charge >= 0.3 is 5.97 Å². The maximum absolute atomic E-state index is 12.5. The molecule has 0 spiro atoms. The number of hydrogen-bond donors (Lipinski definition) is 2. The SMILES string of the molecule is Cc1cc(C)c(S(=O)(=O)Nc2scnc2C(=O)O)c(C)c1. The van der Waals surface area contributed by atoms with Crippen LogP contribution in [0.3, 0.4) is 0 Å². The van der Waals surface area contributed by atoms with E-state index in [1.807, 2.05) is 6.92 Å². The quantitative estimate of drug-likeness (QED) is 0.900. The van der Waals surface area contributed by atoms with E-state index >= 15 is 0 Å². The molecule has 1 aromatic heterocycles. The van der Waals surface area contributed by atoms with E-state index in [1.165, 1.54) is 5.51 Å². The highest BCUT2D eigenvalue weighted by molar-refractivity contribution is 7.93. The summed E-state index contributed by atoms with van der Waals surface area (Å²) in [6.45, 7) is 5.30. The van der Waals surface area contributed by atoms with Gasteiger partial charge in [0.25, 0.3) is 10.0 Å². The van der Waals surface area contributed by atoms with E-state index < -0.39 is 16.0 Å². The molecule has 0 saturated heterocycles. The van der Waals surface area contributed by atoms with Crippen LogP contribution in [-0.4, -0.2) is 24.5 Å². The number of nitrogens with one attached hydrogen (secondary N) is 1. The van der Waals surface area contributed by atoms with Crippen LogP contribution in [0, 0.1) is 20.8 Å². The maximum atomic E-state index is 12.5. The number of thiazole rings is 1. The second-order valence-electron chi connectivity index (χ2n) is 4.67. The summed E-state index contributed by atoms with van der Waals surface area (Å²) in [6.07, 6.45) is 0. The Bertz CT molecular complexity index is 786. The third-order valence-electron chi connectivity index (χ3n) is 2.87. The van der Waals surface area contributed by atoms with Crippen LogP contribution in [0.15, 0.2) is 22.5 Å². The van der Waals surface area contributed by atoms with Gasteiger partial charge in [-0.25, -0.2) is 18.2 Å². The van der Waals surface area contributed by atoms with Gasteiger partial charge in [-0.15, -0.1) is 11.3 Å². The molecular formula is C13H14N2O4S2. The molecule has 0 radical (unpaired) electrons. The smallest absolute Gasteiger partial charge is 0.357 e. The van der Waals surface area contributed by atoms with Crippen molar-refractivity contribution in [2.75, 3.05) is 4.72 Å². The van der Waals surface area contributed by atoms with Crippen molar-refractivity contribution in [3.05, 3.63) is 40.0 Å². The second-order valence-corrected chi connectivity index (χ2v) is 7.14. The van der Waals surface area contributed by atoms with E-state index in [0.29, 0.717) is 11.1 Å². The molecular weight excluding hydrogens is 312 g/mol. The van der Waals surface area contributed by atoms with Gasteiger partial charge in [0, 0.05) is 0 Å². The number of nitrogens with zero attached hydrogens (tertiary/aromatic N) is 1. The molecule has 21 heavy (non-hydrogen) atoms. The average molecular weight is 326 g/mol. The zero-order valence-electron chi connectivity index (χ0n) is 11.7. The Hall–Kier alpha value is -1.93. The lowest BCUT2D eigenvalue weighted by Crippen LogP contribution is -2.17. The molecule has 0 saturated carbocycles. The van der Waals surface area contributed by atoms with Crippen molar-refractivity contribution >= 4 is 32.3 Å². The van der Waals surface area contributed by atoms with Crippen LogP contribution in [0.2, 0.25) is 0 Å². The summed E-state index contributed by atoms with van der Waals surface area (Å²) in [6, 6.07) is 3.54. The monoisotopic (exact) mass is 326 g/mol.